The lowest BCUT2D eigenvalue weighted by atomic mass is 9.87. The zero-order valence-electron chi connectivity index (χ0n) is 11.5. The first-order valence-electron chi connectivity index (χ1n) is 6.31. The van der Waals surface area contributed by atoms with Crippen molar-refractivity contribution in [2.24, 2.45) is 0 Å². The van der Waals surface area contributed by atoms with Gasteiger partial charge < -0.3 is 4.74 Å². The van der Waals surface area contributed by atoms with Gasteiger partial charge in [-0.25, -0.2) is 0 Å². The first kappa shape index (κ1) is 12.7. The number of ether oxygens (including phenoxy) is 1. The first-order valence-corrected chi connectivity index (χ1v) is 6.31. The lowest BCUT2D eigenvalue weighted by Gasteiger charge is -2.20. The van der Waals surface area contributed by atoms with E-state index in [0.717, 1.165) is 17.1 Å². The van der Waals surface area contributed by atoms with E-state index in [1.54, 1.807) is 0 Å². The Morgan fingerprint density at radius 1 is 0.889 bits per heavy atom. The van der Waals surface area contributed by atoms with Gasteiger partial charge in [0, 0.05) is 0 Å². The molecule has 0 saturated carbocycles. The van der Waals surface area contributed by atoms with Gasteiger partial charge in [-0.15, -0.1) is 0 Å². The summed E-state index contributed by atoms with van der Waals surface area (Å²) in [5.41, 5.74) is 2.58. The molecule has 0 aromatic heterocycles. The third kappa shape index (κ3) is 2.92. The van der Waals surface area contributed by atoms with Crippen LogP contribution in [-0.2, 0) is 5.41 Å². The monoisotopic (exact) mass is 240 g/mol. The Bertz CT molecular complexity index is 535. The summed E-state index contributed by atoms with van der Waals surface area (Å²) in [6.45, 7) is 8.68. The minimum Gasteiger partial charge on any atom is -0.457 e. The maximum atomic E-state index is 5.94. The average molecular weight is 240 g/mol. The highest BCUT2D eigenvalue weighted by Gasteiger charge is 2.14. The van der Waals surface area contributed by atoms with Crippen LogP contribution in [0.3, 0.4) is 0 Å². The highest BCUT2D eigenvalue weighted by molar-refractivity contribution is 5.39. The van der Waals surface area contributed by atoms with Crippen LogP contribution in [0, 0.1) is 6.92 Å². The van der Waals surface area contributed by atoms with Crippen molar-refractivity contribution in [3.63, 3.8) is 0 Å². The van der Waals surface area contributed by atoms with Crippen molar-refractivity contribution >= 4 is 0 Å². The molecule has 0 atom stereocenters. The van der Waals surface area contributed by atoms with Gasteiger partial charge in [0.1, 0.15) is 11.5 Å². The topological polar surface area (TPSA) is 9.23 Å². The largest absolute Gasteiger partial charge is 0.457 e. The molecule has 0 aliphatic heterocycles. The Morgan fingerprint density at radius 2 is 1.61 bits per heavy atom. The highest BCUT2D eigenvalue weighted by atomic mass is 16.5. The van der Waals surface area contributed by atoms with Gasteiger partial charge in [-0.1, -0.05) is 51.1 Å². The summed E-state index contributed by atoms with van der Waals surface area (Å²) in [5, 5.41) is 0. The third-order valence-corrected chi connectivity index (χ3v) is 3.02. The summed E-state index contributed by atoms with van der Waals surface area (Å²) in [4.78, 5) is 0. The predicted octanol–water partition coefficient (Wildman–Crippen LogP) is 5.08. The summed E-state index contributed by atoms with van der Waals surface area (Å²) in [6.07, 6.45) is 0. The van der Waals surface area contributed by atoms with E-state index in [4.69, 9.17) is 4.74 Å². The van der Waals surface area contributed by atoms with E-state index >= 15 is 0 Å². The molecule has 2 aromatic rings. The van der Waals surface area contributed by atoms with Crippen molar-refractivity contribution in [2.45, 2.75) is 33.1 Å². The molecule has 0 radical (unpaired) electrons. The summed E-state index contributed by atoms with van der Waals surface area (Å²) in [7, 11) is 0. The SMILES string of the molecule is Cc1ccccc1Oc1cccc(C(C)(C)C)c1. The van der Waals surface area contributed by atoms with Gasteiger partial charge in [-0.05, 0) is 41.7 Å². The normalized spacial score (nSPS) is 11.3. The summed E-state index contributed by atoms with van der Waals surface area (Å²) >= 11 is 0. The summed E-state index contributed by atoms with van der Waals surface area (Å²) in [6, 6.07) is 16.4. The van der Waals surface area contributed by atoms with Crippen molar-refractivity contribution < 1.29 is 4.74 Å². The zero-order chi connectivity index (χ0) is 13.2. The molecule has 0 unspecified atom stereocenters. The molecule has 0 spiro atoms. The van der Waals surface area contributed by atoms with Gasteiger partial charge >= 0.3 is 0 Å². The molecule has 2 rings (SSSR count). The van der Waals surface area contributed by atoms with Crippen molar-refractivity contribution in [1.82, 2.24) is 0 Å². The summed E-state index contributed by atoms with van der Waals surface area (Å²) in [5.74, 6) is 1.82. The third-order valence-electron chi connectivity index (χ3n) is 3.02. The van der Waals surface area contributed by atoms with E-state index in [2.05, 4.69) is 45.9 Å². The van der Waals surface area contributed by atoms with Crippen LogP contribution in [0.1, 0.15) is 31.9 Å². The van der Waals surface area contributed by atoms with Crippen LogP contribution in [0.4, 0.5) is 0 Å². The van der Waals surface area contributed by atoms with Gasteiger partial charge in [0.15, 0.2) is 0 Å². The average Bonchev–Trinajstić information content (AvgIpc) is 2.31. The fraction of sp³-hybridized carbons (Fsp3) is 0.294. The van der Waals surface area contributed by atoms with E-state index in [1.807, 2.05) is 30.3 Å². The molecule has 18 heavy (non-hydrogen) atoms. The second-order valence-electron chi connectivity index (χ2n) is 5.65. The number of benzene rings is 2. The molecular formula is C17H20O. The van der Waals surface area contributed by atoms with Crippen molar-refractivity contribution in [2.75, 3.05) is 0 Å². The van der Waals surface area contributed by atoms with E-state index in [1.165, 1.54) is 5.56 Å². The molecule has 0 aliphatic rings. The number of hydrogen-bond donors (Lipinski definition) is 0. The number of aryl methyl sites for hydroxylation is 1. The number of para-hydroxylation sites is 1. The second kappa shape index (κ2) is 4.85. The van der Waals surface area contributed by atoms with Crippen LogP contribution >= 0.6 is 0 Å². The van der Waals surface area contributed by atoms with Gasteiger partial charge in [-0.3, -0.25) is 0 Å². The fourth-order valence-corrected chi connectivity index (χ4v) is 1.82. The fourth-order valence-electron chi connectivity index (χ4n) is 1.82. The standard InChI is InChI=1S/C17H20O/c1-13-8-5-6-11-16(13)18-15-10-7-9-14(12-15)17(2,3)4/h5-12H,1-4H3. The lowest BCUT2D eigenvalue weighted by Crippen LogP contribution is -2.10. The molecule has 1 heteroatoms. The number of hydrogen-bond acceptors (Lipinski definition) is 1. The minimum atomic E-state index is 0.144. The smallest absolute Gasteiger partial charge is 0.130 e. The predicted molar refractivity (Wildman–Crippen MR) is 76.4 cm³/mol. The van der Waals surface area contributed by atoms with Crippen LogP contribution in [0.15, 0.2) is 48.5 Å². The maximum absolute atomic E-state index is 5.94. The second-order valence-corrected chi connectivity index (χ2v) is 5.65. The maximum Gasteiger partial charge on any atom is 0.130 e. The van der Waals surface area contributed by atoms with Crippen LogP contribution < -0.4 is 4.74 Å². The molecule has 0 bridgehead atoms. The van der Waals surface area contributed by atoms with Crippen LogP contribution in [0.25, 0.3) is 0 Å². The van der Waals surface area contributed by atoms with Crippen LogP contribution in [0.2, 0.25) is 0 Å². The molecule has 2 aromatic carbocycles. The Labute approximate surface area is 109 Å². The molecular weight excluding hydrogens is 220 g/mol. The first-order chi connectivity index (χ1) is 8.47. The molecule has 0 fully saturated rings. The van der Waals surface area contributed by atoms with Crippen molar-refractivity contribution in [1.29, 1.82) is 0 Å². The van der Waals surface area contributed by atoms with E-state index in [9.17, 15) is 0 Å². The Kier molecular flexibility index (Phi) is 3.42. The summed E-state index contributed by atoms with van der Waals surface area (Å²) < 4.78 is 5.94. The van der Waals surface area contributed by atoms with Gasteiger partial charge in [-0.2, -0.15) is 0 Å². The van der Waals surface area contributed by atoms with E-state index < -0.39 is 0 Å². The van der Waals surface area contributed by atoms with Crippen molar-refractivity contribution in [3.05, 3.63) is 59.7 Å². The Balaban J connectivity index is 2.28. The lowest BCUT2D eigenvalue weighted by molar-refractivity contribution is 0.475. The molecule has 0 N–H and O–H groups in total. The molecule has 94 valence electrons. The number of rotatable bonds is 2. The van der Waals surface area contributed by atoms with Gasteiger partial charge in [0.05, 0.1) is 0 Å². The quantitative estimate of drug-likeness (QED) is 0.711. The minimum absolute atomic E-state index is 0.144. The highest BCUT2D eigenvalue weighted by Crippen LogP contribution is 2.29. The Hall–Kier alpha value is -1.76. The molecule has 0 saturated heterocycles. The Morgan fingerprint density at radius 3 is 2.28 bits per heavy atom. The molecule has 0 aliphatic carbocycles. The van der Waals surface area contributed by atoms with E-state index in [-0.39, 0.29) is 5.41 Å². The van der Waals surface area contributed by atoms with E-state index in [0.29, 0.717) is 0 Å². The zero-order valence-corrected chi connectivity index (χ0v) is 11.5. The molecule has 0 amide bonds. The van der Waals surface area contributed by atoms with Gasteiger partial charge in [0.2, 0.25) is 0 Å². The van der Waals surface area contributed by atoms with Crippen molar-refractivity contribution in [3.8, 4) is 11.5 Å². The molecule has 0 heterocycles. The van der Waals surface area contributed by atoms with Crippen LogP contribution in [0.5, 0.6) is 11.5 Å². The molecule has 1 nitrogen and oxygen atoms in total. The van der Waals surface area contributed by atoms with Crippen LogP contribution in [-0.4, -0.2) is 0 Å². The van der Waals surface area contributed by atoms with Gasteiger partial charge in [0.25, 0.3) is 0 Å².